The zero-order valence-electron chi connectivity index (χ0n) is 14.4. The van der Waals surface area contributed by atoms with Crippen LogP contribution in [-0.4, -0.2) is 39.1 Å². The first-order valence-corrected chi connectivity index (χ1v) is 8.42. The Morgan fingerprint density at radius 3 is 2.46 bits per heavy atom. The molecular weight excluding hydrogens is 371 g/mol. The van der Waals surface area contributed by atoms with Crippen LogP contribution in [0.15, 0.2) is 65.8 Å². The van der Waals surface area contributed by atoms with Gasteiger partial charge in [0.05, 0.1) is 16.8 Å². The van der Waals surface area contributed by atoms with E-state index in [1.807, 2.05) is 6.07 Å². The highest BCUT2D eigenvalue weighted by molar-refractivity contribution is 6.07. The Kier molecular flexibility index (Phi) is 4.15. The number of nitrogens with zero attached hydrogens (tertiary/aromatic N) is 3. The maximum absolute atomic E-state index is 13.4. The van der Waals surface area contributed by atoms with E-state index in [1.165, 1.54) is 6.07 Å². The number of rotatable bonds is 2. The van der Waals surface area contributed by atoms with Crippen LogP contribution < -0.4 is 0 Å². The average Bonchev–Trinajstić information content (AvgIpc) is 3.10. The highest BCUT2D eigenvalue weighted by Gasteiger charge is 2.61. The van der Waals surface area contributed by atoms with Gasteiger partial charge in [0.25, 0.3) is 11.6 Å². The van der Waals surface area contributed by atoms with Crippen molar-refractivity contribution in [2.75, 3.05) is 0 Å². The van der Waals surface area contributed by atoms with Crippen molar-refractivity contribution in [2.24, 2.45) is 5.10 Å². The maximum Gasteiger partial charge on any atom is 0.438 e. The third kappa shape index (κ3) is 2.82. The second kappa shape index (κ2) is 6.42. The number of fused-ring (bicyclic) bond motifs is 1. The molecule has 2 aromatic carbocycles. The van der Waals surface area contributed by atoms with Gasteiger partial charge in [0.15, 0.2) is 0 Å². The quantitative estimate of drug-likeness (QED) is 0.726. The zero-order chi connectivity index (χ0) is 19.9. The van der Waals surface area contributed by atoms with Crippen LogP contribution in [0, 0.1) is 0 Å². The zero-order valence-corrected chi connectivity index (χ0v) is 14.4. The molecule has 3 aromatic rings. The fourth-order valence-electron chi connectivity index (χ4n) is 3.11. The van der Waals surface area contributed by atoms with Crippen molar-refractivity contribution in [1.29, 1.82) is 0 Å². The summed E-state index contributed by atoms with van der Waals surface area (Å²) in [5.41, 5.74) is -1.81. The highest BCUT2D eigenvalue weighted by atomic mass is 19.4. The summed E-state index contributed by atoms with van der Waals surface area (Å²) in [6.07, 6.45) is -4.99. The first-order valence-electron chi connectivity index (χ1n) is 8.42. The summed E-state index contributed by atoms with van der Waals surface area (Å²) >= 11 is 0. The molecule has 1 unspecified atom stereocenters. The summed E-state index contributed by atoms with van der Waals surface area (Å²) in [4.78, 5) is 17.5. The van der Waals surface area contributed by atoms with Crippen molar-refractivity contribution < 1.29 is 23.1 Å². The van der Waals surface area contributed by atoms with Gasteiger partial charge in [-0.25, -0.2) is 4.98 Å². The molecule has 0 saturated heterocycles. The second-order valence-electron chi connectivity index (χ2n) is 6.37. The van der Waals surface area contributed by atoms with E-state index < -0.39 is 24.2 Å². The Morgan fingerprint density at radius 2 is 1.75 bits per heavy atom. The van der Waals surface area contributed by atoms with Crippen molar-refractivity contribution in [2.45, 2.75) is 18.3 Å². The lowest BCUT2D eigenvalue weighted by Gasteiger charge is -2.32. The Hall–Kier alpha value is -3.26. The van der Waals surface area contributed by atoms with E-state index in [1.54, 1.807) is 48.5 Å². The predicted octanol–water partition coefficient (Wildman–Crippen LogP) is 3.98. The lowest BCUT2D eigenvalue weighted by atomic mass is 10.0. The molecule has 4 rings (SSSR count). The molecule has 0 fully saturated rings. The number of aromatic nitrogens is 1. The largest absolute Gasteiger partial charge is 0.438 e. The van der Waals surface area contributed by atoms with E-state index in [0.29, 0.717) is 22.2 Å². The summed E-state index contributed by atoms with van der Waals surface area (Å²) in [5.74, 6) is -1.05. The molecule has 0 radical (unpaired) electrons. The summed E-state index contributed by atoms with van der Waals surface area (Å²) < 4.78 is 40.2. The van der Waals surface area contributed by atoms with Crippen molar-refractivity contribution in [3.63, 3.8) is 0 Å². The molecule has 8 heteroatoms. The molecule has 1 amide bonds. The molecule has 1 aliphatic rings. The fraction of sp³-hybridized carbons (Fsp3) is 0.150. The molecule has 0 spiro atoms. The third-order valence-corrected chi connectivity index (χ3v) is 4.59. The topological polar surface area (TPSA) is 65.8 Å². The first kappa shape index (κ1) is 18.1. The predicted molar refractivity (Wildman–Crippen MR) is 97.5 cm³/mol. The highest BCUT2D eigenvalue weighted by Crippen LogP contribution is 2.40. The van der Waals surface area contributed by atoms with Gasteiger partial charge in [-0.15, -0.1) is 0 Å². The maximum atomic E-state index is 13.4. The van der Waals surface area contributed by atoms with Crippen molar-refractivity contribution in [3.8, 4) is 11.3 Å². The Bertz CT molecular complexity index is 1080. The molecule has 28 heavy (non-hydrogen) atoms. The van der Waals surface area contributed by atoms with Crippen LogP contribution >= 0.6 is 0 Å². The Labute approximate surface area is 157 Å². The SMILES string of the molecule is O=C(c1cc(-c2ccccc2)nc2ccccc12)N1N=CCC1(O)C(F)(F)F. The van der Waals surface area contributed by atoms with Crippen LogP contribution in [0.2, 0.25) is 0 Å². The van der Waals surface area contributed by atoms with E-state index >= 15 is 0 Å². The van der Waals surface area contributed by atoms with Gasteiger partial charge in [-0.3, -0.25) is 4.79 Å². The van der Waals surface area contributed by atoms with E-state index in [-0.39, 0.29) is 10.6 Å². The van der Waals surface area contributed by atoms with Gasteiger partial charge in [0.2, 0.25) is 0 Å². The Morgan fingerprint density at radius 1 is 1.07 bits per heavy atom. The minimum atomic E-state index is -5.05. The summed E-state index contributed by atoms with van der Waals surface area (Å²) in [6, 6.07) is 17.0. The van der Waals surface area contributed by atoms with Crippen LogP contribution in [0.4, 0.5) is 13.2 Å². The fourth-order valence-corrected chi connectivity index (χ4v) is 3.11. The number of para-hydroxylation sites is 1. The first-order chi connectivity index (χ1) is 13.3. The molecule has 142 valence electrons. The number of hydrazone groups is 1. The van der Waals surface area contributed by atoms with Gasteiger partial charge in [-0.05, 0) is 12.1 Å². The number of benzene rings is 2. The van der Waals surface area contributed by atoms with Gasteiger partial charge in [0.1, 0.15) is 0 Å². The minimum Gasteiger partial charge on any atom is -0.362 e. The molecule has 5 nitrogen and oxygen atoms in total. The van der Waals surface area contributed by atoms with Gasteiger partial charge in [-0.2, -0.15) is 23.3 Å². The molecule has 1 aliphatic heterocycles. The van der Waals surface area contributed by atoms with Crippen LogP contribution in [0.5, 0.6) is 0 Å². The van der Waals surface area contributed by atoms with Gasteiger partial charge >= 0.3 is 6.18 Å². The van der Waals surface area contributed by atoms with Gasteiger partial charge < -0.3 is 5.11 Å². The number of carbonyl (C=O) groups is 1. The van der Waals surface area contributed by atoms with Gasteiger partial charge in [-0.1, -0.05) is 48.5 Å². The normalized spacial score (nSPS) is 19.4. The third-order valence-electron chi connectivity index (χ3n) is 4.59. The average molecular weight is 385 g/mol. The number of halogens is 3. The van der Waals surface area contributed by atoms with Crippen molar-refractivity contribution in [1.82, 2.24) is 9.99 Å². The second-order valence-corrected chi connectivity index (χ2v) is 6.37. The number of pyridine rings is 1. The summed E-state index contributed by atoms with van der Waals surface area (Å²) in [6.45, 7) is 0. The van der Waals surface area contributed by atoms with Crippen LogP contribution in [0.1, 0.15) is 16.8 Å². The van der Waals surface area contributed by atoms with E-state index in [0.717, 1.165) is 6.21 Å². The number of carbonyl (C=O) groups excluding carboxylic acids is 1. The Balaban J connectivity index is 1.88. The molecule has 1 N–H and O–H groups in total. The summed E-state index contributed by atoms with van der Waals surface area (Å²) in [5, 5.41) is 14.1. The number of hydrogen-bond acceptors (Lipinski definition) is 4. The van der Waals surface area contributed by atoms with Crippen LogP contribution in [0.3, 0.4) is 0 Å². The van der Waals surface area contributed by atoms with E-state index in [2.05, 4.69) is 10.1 Å². The van der Waals surface area contributed by atoms with Crippen LogP contribution in [0.25, 0.3) is 22.2 Å². The van der Waals surface area contributed by atoms with E-state index in [9.17, 15) is 23.1 Å². The molecular formula is C20H14F3N3O2. The molecule has 0 bridgehead atoms. The number of hydrogen-bond donors (Lipinski definition) is 1. The molecule has 1 atom stereocenters. The molecule has 0 saturated carbocycles. The lowest BCUT2D eigenvalue weighted by molar-refractivity contribution is -0.297. The number of alkyl halides is 3. The van der Waals surface area contributed by atoms with Crippen LogP contribution in [-0.2, 0) is 0 Å². The van der Waals surface area contributed by atoms with Gasteiger partial charge in [0, 0.05) is 23.6 Å². The smallest absolute Gasteiger partial charge is 0.362 e. The minimum absolute atomic E-state index is 0.0221. The monoisotopic (exact) mass is 385 g/mol. The van der Waals surface area contributed by atoms with E-state index in [4.69, 9.17) is 0 Å². The number of amides is 1. The lowest BCUT2D eigenvalue weighted by Crippen LogP contribution is -2.56. The molecule has 0 aliphatic carbocycles. The number of aliphatic hydroxyl groups is 1. The van der Waals surface area contributed by atoms with Crippen molar-refractivity contribution in [3.05, 3.63) is 66.2 Å². The molecule has 2 heterocycles. The standard InChI is InChI=1S/C20H14F3N3O2/c21-20(22,23)19(28)10-11-24-26(19)18(27)15-12-17(13-6-2-1-3-7-13)25-16-9-5-4-8-14(15)16/h1-9,11-12,28H,10H2. The van der Waals surface area contributed by atoms with Crippen molar-refractivity contribution >= 4 is 23.0 Å². The molecule has 1 aromatic heterocycles. The summed E-state index contributed by atoms with van der Waals surface area (Å²) in [7, 11) is 0.